The molecule has 0 unspecified atom stereocenters. The summed E-state index contributed by atoms with van der Waals surface area (Å²) in [6.07, 6.45) is 1.50. The third-order valence-corrected chi connectivity index (χ3v) is 3.11. The highest BCUT2D eigenvalue weighted by molar-refractivity contribution is 7.80. The van der Waals surface area contributed by atoms with E-state index in [0.29, 0.717) is 11.3 Å². The van der Waals surface area contributed by atoms with E-state index in [4.69, 9.17) is 17.0 Å². The van der Waals surface area contributed by atoms with Gasteiger partial charge >= 0.3 is 0 Å². The number of amides is 1. The van der Waals surface area contributed by atoms with Crippen LogP contribution in [-0.2, 0) is 0 Å². The summed E-state index contributed by atoms with van der Waals surface area (Å²) in [6.45, 7) is 1.85. The number of hydrogen-bond donors (Lipinski definition) is 3. The van der Waals surface area contributed by atoms with Crippen LogP contribution in [-0.4, -0.2) is 28.2 Å². The molecule has 0 radical (unpaired) electrons. The van der Waals surface area contributed by atoms with E-state index in [1.54, 1.807) is 18.2 Å². The molecule has 0 atom stereocenters. The van der Waals surface area contributed by atoms with Gasteiger partial charge in [-0.15, -0.1) is 0 Å². The number of para-hydroxylation sites is 1. The summed E-state index contributed by atoms with van der Waals surface area (Å²) in [5.41, 5.74) is 1.22. The van der Waals surface area contributed by atoms with Gasteiger partial charge in [-0.3, -0.25) is 10.1 Å². The number of aromatic nitrogens is 1. The fourth-order valence-corrected chi connectivity index (χ4v) is 2.09. The maximum Gasteiger partial charge on any atom is 0.261 e. The van der Waals surface area contributed by atoms with Gasteiger partial charge in [0.2, 0.25) is 0 Å². The van der Waals surface area contributed by atoms with Gasteiger partial charge in [-0.1, -0.05) is 12.1 Å². The number of carbonyl (C=O) groups is 1. The molecule has 3 N–H and O–H groups in total. The number of benzene rings is 1. The lowest BCUT2D eigenvalue weighted by Crippen LogP contribution is -2.34. The number of ether oxygens (including phenoxy) is 1. The zero-order chi connectivity index (χ0) is 16.1. The molecule has 0 saturated heterocycles. The van der Waals surface area contributed by atoms with Crippen molar-refractivity contribution in [3.63, 3.8) is 0 Å². The molecule has 0 fully saturated rings. The van der Waals surface area contributed by atoms with Crippen molar-refractivity contribution in [1.29, 1.82) is 0 Å². The second-order valence-electron chi connectivity index (χ2n) is 4.44. The Kier molecular flexibility index (Phi) is 4.90. The van der Waals surface area contributed by atoms with E-state index >= 15 is 0 Å². The number of aromatic hydroxyl groups is 1. The van der Waals surface area contributed by atoms with Crippen LogP contribution in [0, 0.1) is 6.92 Å². The van der Waals surface area contributed by atoms with E-state index in [0.717, 1.165) is 5.56 Å². The summed E-state index contributed by atoms with van der Waals surface area (Å²) in [5, 5.41) is 14.8. The molecule has 0 spiro atoms. The van der Waals surface area contributed by atoms with Gasteiger partial charge in [-0.2, -0.15) is 0 Å². The minimum Gasteiger partial charge on any atom is -0.504 e. The van der Waals surface area contributed by atoms with Crippen LogP contribution >= 0.6 is 12.2 Å². The number of methoxy groups -OCH3 is 1. The number of anilines is 1. The Labute approximate surface area is 133 Å². The van der Waals surface area contributed by atoms with Crippen molar-refractivity contribution >= 4 is 29.1 Å². The lowest BCUT2D eigenvalue weighted by Gasteiger charge is -2.13. The highest BCUT2D eigenvalue weighted by Gasteiger charge is 2.15. The first-order valence-electron chi connectivity index (χ1n) is 6.43. The molecule has 0 aliphatic carbocycles. The molecular formula is C15H15N3O3S. The van der Waals surface area contributed by atoms with E-state index in [2.05, 4.69) is 15.6 Å². The van der Waals surface area contributed by atoms with E-state index in [1.165, 1.54) is 19.4 Å². The fraction of sp³-hybridized carbons (Fsp3) is 0.133. The summed E-state index contributed by atoms with van der Waals surface area (Å²) in [7, 11) is 1.50. The number of nitrogens with one attached hydrogen (secondary N) is 2. The van der Waals surface area contributed by atoms with Gasteiger partial charge in [-0.25, -0.2) is 4.98 Å². The SMILES string of the molecule is COc1c(C)cccc1C(=O)NC(=S)Nc1ncccc1O. The van der Waals surface area contributed by atoms with Crippen molar-refractivity contribution in [3.8, 4) is 11.5 Å². The lowest BCUT2D eigenvalue weighted by molar-refractivity contribution is 0.0974. The highest BCUT2D eigenvalue weighted by atomic mass is 32.1. The molecule has 0 aliphatic rings. The lowest BCUT2D eigenvalue weighted by atomic mass is 10.1. The van der Waals surface area contributed by atoms with Crippen LogP contribution in [0.5, 0.6) is 11.5 Å². The zero-order valence-electron chi connectivity index (χ0n) is 12.1. The molecule has 2 rings (SSSR count). The number of carbonyl (C=O) groups excluding carboxylic acids is 1. The van der Waals surface area contributed by atoms with Crippen LogP contribution in [0.2, 0.25) is 0 Å². The minimum atomic E-state index is -0.409. The van der Waals surface area contributed by atoms with Crippen LogP contribution in [0.15, 0.2) is 36.5 Å². The van der Waals surface area contributed by atoms with Crippen molar-refractivity contribution < 1.29 is 14.6 Å². The van der Waals surface area contributed by atoms with Gasteiger partial charge in [0, 0.05) is 6.20 Å². The van der Waals surface area contributed by atoms with Crippen LogP contribution in [0.3, 0.4) is 0 Å². The van der Waals surface area contributed by atoms with Gasteiger partial charge in [0.15, 0.2) is 16.7 Å². The smallest absolute Gasteiger partial charge is 0.261 e. The molecule has 1 aromatic heterocycles. The molecule has 2 aromatic rings. The first kappa shape index (κ1) is 15.7. The molecule has 1 amide bonds. The Morgan fingerprint density at radius 3 is 2.77 bits per heavy atom. The van der Waals surface area contributed by atoms with Crippen LogP contribution < -0.4 is 15.4 Å². The van der Waals surface area contributed by atoms with E-state index in [-0.39, 0.29) is 16.7 Å². The first-order chi connectivity index (χ1) is 10.5. The molecular weight excluding hydrogens is 302 g/mol. The normalized spacial score (nSPS) is 9.91. The second-order valence-corrected chi connectivity index (χ2v) is 4.84. The van der Waals surface area contributed by atoms with Crippen molar-refractivity contribution in [2.24, 2.45) is 0 Å². The largest absolute Gasteiger partial charge is 0.504 e. The number of thiocarbonyl (C=S) groups is 1. The minimum absolute atomic E-state index is 0.0301. The predicted molar refractivity (Wildman–Crippen MR) is 87.3 cm³/mol. The number of pyridine rings is 1. The third-order valence-electron chi connectivity index (χ3n) is 2.91. The maximum absolute atomic E-state index is 12.3. The summed E-state index contributed by atoms with van der Waals surface area (Å²) in [4.78, 5) is 16.2. The summed E-state index contributed by atoms with van der Waals surface area (Å²) in [6, 6.07) is 8.29. The van der Waals surface area contributed by atoms with Gasteiger partial charge in [-0.05, 0) is 42.9 Å². The van der Waals surface area contributed by atoms with Crippen molar-refractivity contribution in [3.05, 3.63) is 47.7 Å². The Balaban J connectivity index is 2.11. The van der Waals surface area contributed by atoms with Gasteiger partial charge in [0.1, 0.15) is 5.75 Å². The van der Waals surface area contributed by atoms with Crippen LogP contribution in [0.25, 0.3) is 0 Å². The zero-order valence-corrected chi connectivity index (χ0v) is 12.9. The van der Waals surface area contributed by atoms with Crippen molar-refractivity contribution in [1.82, 2.24) is 10.3 Å². The first-order valence-corrected chi connectivity index (χ1v) is 6.83. The number of nitrogens with zero attached hydrogens (tertiary/aromatic N) is 1. The summed E-state index contributed by atoms with van der Waals surface area (Å²) < 4.78 is 5.24. The van der Waals surface area contributed by atoms with Gasteiger partial charge in [0.25, 0.3) is 5.91 Å². The fourth-order valence-electron chi connectivity index (χ4n) is 1.90. The molecule has 7 heteroatoms. The van der Waals surface area contributed by atoms with E-state index in [9.17, 15) is 9.90 Å². The van der Waals surface area contributed by atoms with Gasteiger partial charge in [0.05, 0.1) is 12.7 Å². The summed E-state index contributed by atoms with van der Waals surface area (Å²) in [5.74, 6) is 0.188. The quantitative estimate of drug-likeness (QED) is 0.753. The number of hydrogen-bond acceptors (Lipinski definition) is 5. The number of aryl methyl sites for hydroxylation is 1. The molecule has 22 heavy (non-hydrogen) atoms. The topological polar surface area (TPSA) is 83.5 Å². The highest BCUT2D eigenvalue weighted by Crippen LogP contribution is 2.23. The Morgan fingerprint density at radius 1 is 1.32 bits per heavy atom. The van der Waals surface area contributed by atoms with Crippen molar-refractivity contribution in [2.45, 2.75) is 6.92 Å². The average Bonchev–Trinajstić information content (AvgIpc) is 2.49. The Hall–Kier alpha value is -2.67. The Morgan fingerprint density at radius 2 is 2.09 bits per heavy atom. The predicted octanol–water partition coefficient (Wildman–Crippen LogP) is 2.23. The monoisotopic (exact) mass is 317 g/mol. The van der Waals surface area contributed by atoms with Crippen LogP contribution in [0.4, 0.5) is 5.82 Å². The molecule has 0 aliphatic heterocycles. The molecule has 114 valence electrons. The van der Waals surface area contributed by atoms with Crippen LogP contribution in [0.1, 0.15) is 15.9 Å². The standard InChI is InChI=1S/C15H15N3O3S/c1-9-5-3-6-10(12(9)21-2)14(20)18-15(22)17-13-11(19)7-4-8-16-13/h3-8,19H,1-2H3,(H2,16,17,18,20,22). The van der Waals surface area contributed by atoms with E-state index < -0.39 is 5.91 Å². The Bertz CT molecular complexity index is 719. The molecule has 1 heterocycles. The summed E-state index contributed by atoms with van der Waals surface area (Å²) >= 11 is 5.05. The third kappa shape index (κ3) is 3.50. The molecule has 0 bridgehead atoms. The van der Waals surface area contributed by atoms with E-state index in [1.807, 2.05) is 13.0 Å². The molecule has 0 saturated carbocycles. The maximum atomic E-state index is 12.3. The number of rotatable bonds is 3. The molecule has 1 aromatic carbocycles. The van der Waals surface area contributed by atoms with Gasteiger partial charge < -0.3 is 15.2 Å². The molecule has 6 nitrogen and oxygen atoms in total. The van der Waals surface area contributed by atoms with Crippen molar-refractivity contribution in [2.75, 3.05) is 12.4 Å². The second kappa shape index (κ2) is 6.86. The average molecular weight is 317 g/mol.